The van der Waals surface area contributed by atoms with Crippen LogP contribution in [-0.2, 0) is 13.6 Å². The van der Waals surface area contributed by atoms with E-state index in [-0.39, 0.29) is 18.2 Å². The molecule has 0 amide bonds. The number of nitrogens with zero attached hydrogens (tertiary/aromatic N) is 4. The highest BCUT2D eigenvalue weighted by atomic mass is 35.5. The predicted octanol–water partition coefficient (Wildman–Crippen LogP) is -1.76. The average Bonchev–Trinajstić information content (AvgIpc) is 2.77. The number of hydrogen-bond donors (Lipinski definition) is 1. The van der Waals surface area contributed by atoms with E-state index in [2.05, 4.69) is 20.8 Å². The molecule has 0 radical (unpaired) electrons. The molecule has 0 aliphatic rings. The quantitative estimate of drug-likeness (QED) is 0.506. The van der Waals surface area contributed by atoms with Crippen molar-refractivity contribution in [2.45, 2.75) is 11.7 Å². The molecule has 0 saturated carbocycles. The fourth-order valence-electron chi connectivity index (χ4n) is 1.42. The summed E-state index contributed by atoms with van der Waals surface area (Å²) in [6, 6.07) is 6.77. The molecule has 0 aliphatic heterocycles. The minimum absolute atomic E-state index is 0. The lowest BCUT2D eigenvalue weighted by molar-refractivity contribution is -0.00000450. The SMILES string of the molecule is Cn1nnnc1SCCNCc1ccccc1F.[Cl-]. The van der Waals surface area contributed by atoms with Gasteiger partial charge < -0.3 is 17.7 Å². The van der Waals surface area contributed by atoms with E-state index in [0.29, 0.717) is 12.1 Å². The number of hydrogen-bond acceptors (Lipinski definition) is 5. The van der Waals surface area contributed by atoms with Crippen LogP contribution >= 0.6 is 11.8 Å². The zero-order valence-electron chi connectivity index (χ0n) is 10.4. The third kappa shape index (κ3) is 4.77. The first-order valence-electron chi connectivity index (χ1n) is 5.56. The van der Waals surface area contributed by atoms with Gasteiger partial charge in [-0.05, 0) is 16.5 Å². The lowest BCUT2D eigenvalue weighted by atomic mass is 10.2. The summed E-state index contributed by atoms with van der Waals surface area (Å²) >= 11 is 1.56. The molecule has 104 valence electrons. The Morgan fingerprint density at radius 1 is 1.37 bits per heavy atom. The Morgan fingerprint density at radius 2 is 2.16 bits per heavy atom. The van der Waals surface area contributed by atoms with Crippen LogP contribution in [0.4, 0.5) is 4.39 Å². The molecule has 5 nitrogen and oxygen atoms in total. The van der Waals surface area contributed by atoms with E-state index in [1.807, 2.05) is 6.07 Å². The van der Waals surface area contributed by atoms with E-state index < -0.39 is 0 Å². The Labute approximate surface area is 121 Å². The summed E-state index contributed by atoms with van der Waals surface area (Å²) < 4.78 is 14.9. The van der Waals surface area contributed by atoms with Crippen LogP contribution in [0.15, 0.2) is 29.4 Å². The molecule has 8 heteroatoms. The highest BCUT2D eigenvalue weighted by molar-refractivity contribution is 7.99. The van der Waals surface area contributed by atoms with Gasteiger partial charge in [0.1, 0.15) is 5.82 Å². The normalized spacial score (nSPS) is 10.2. The van der Waals surface area contributed by atoms with Crippen LogP contribution < -0.4 is 17.7 Å². The number of rotatable bonds is 6. The third-order valence-corrected chi connectivity index (χ3v) is 3.38. The number of tetrazole rings is 1. The topological polar surface area (TPSA) is 55.6 Å². The van der Waals surface area contributed by atoms with Crippen molar-refractivity contribution in [1.29, 1.82) is 0 Å². The van der Waals surface area contributed by atoms with Crippen molar-refractivity contribution in [2.24, 2.45) is 7.05 Å². The second-order valence-corrected chi connectivity index (χ2v) is 4.76. The molecule has 0 fully saturated rings. The predicted molar refractivity (Wildman–Crippen MR) is 67.6 cm³/mol. The van der Waals surface area contributed by atoms with Crippen molar-refractivity contribution in [3.63, 3.8) is 0 Å². The Hall–Kier alpha value is -1.18. The number of aromatic nitrogens is 4. The molecule has 0 aliphatic carbocycles. The fourth-order valence-corrected chi connectivity index (χ4v) is 2.17. The molecular formula is C11H14ClFN5S-. The van der Waals surface area contributed by atoms with Gasteiger partial charge in [-0.1, -0.05) is 30.0 Å². The zero-order valence-corrected chi connectivity index (χ0v) is 12.0. The van der Waals surface area contributed by atoms with Gasteiger partial charge in [0, 0.05) is 31.5 Å². The Morgan fingerprint density at radius 3 is 2.84 bits per heavy atom. The van der Waals surface area contributed by atoms with E-state index in [4.69, 9.17) is 0 Å². The average molecular weight is 303 g/mol. The molecule has 0 spiro atoms. The number of halogens is 2. The maximum absolute atomic E-state index is 13.3. The van der Waals surface area contributed by atoms with E-state index >= 15 is 0 Å². The van der Waals surface area contributed by atoms with Gasteiger partial charge in [0.05, 0.1) is 0 Å². The number of thioether (sulfide) groups is 1. The van der Waals surface area contributed by atoms with Gasteiger partial charge in [-0.25, -0.2) is 9.07 Å². The molecule has 19 heavy (non-hydrogen) atoms. The summed E-state index contributed by atoms with van der Waals surface area (Å²) in [5.74, 6) is 0.665. The first-order chi connectivity index (χ1) is 8.77. The van der Waals surface area contributed by atoms with E-state index in [1.165, 1.54) is 6.07 Å². The molecule has 0 unspecified atom stereocenters. The molecular weight excluding hydrogens is 289 g/mol. The van der Waals surface area contributed by atoms with Crippen LogP contribution in [0.5, 0.6) is 0 Å². The second-order valence-electron chi connectivity index (χ2n) is 3.70. The maximum Gasteiger partial charge on any atom is 0.209 e. The summed E-state index contributed by atoms with van der Waals surface area (Å²) in [4.78, 5) is 0. The molecule has 2 aromatic rings. The van der Waals surface area contributed by atoms with Crippen LogP contribution in [0.25, 0.3) is 0 Å². The summed E-state index contributed by atoms with van der Waals surface area (Å²) in [7, 11) is 1.80. The minimum Gasteiger partial charge on any atom is -1.00 e. The third-order valence-electron chi connectivity index (χ3n) is 2.36. The van der Waals surface area contributed by atoms with Gasteiger partial charge >= 0.3 is 0 Å². The fraction of sp³-hybridized carbons (Fsp3) is 0.364. The van der Waals surface area contributed by atoms with Gasteiger partial charge in [-0.3, -0.25) is 0 Å². The van der Waals surface area contributed by atoms with Gasteiger partial charge in [0.15, 0.2) is 0 Å². The Bertz CT molecular complexity index is 507. The van der Waals surface area contributed by atoms with Gasteiger partial charge in [0.2, 0.25) is 5.16 Å². The minimum atomic E-state index is -0.171. The number of benzene rings is 1. The van der Waals surface area contributed by atoms with Gasteiger partial charge in [-0.2, -0.15) is 0 Å². The maximum atomic E-state index is 13.3. The molecule has 1 heterocycles. The van der Waals surface area contributed by atoms with Crippen molar-refractivity contribution in [3.05, 3.63) is 35.6 Å². The van der Waals surface area contributed by atoms with Crippen molar-refractivity contribution < 1.29 is 16.8 Å². The number of aryl methyl sites for hydroxylation is 1. The van der Waals surface area contributed by atoms with Crippen LogP contribution in [0.2, 0.25) is 0 Å². The van der Waals surface area contributed by atoms with Crippen molar-refractivity contribution in [1.82, 2.24) is 25.5 Å². The summed E-state index contributed by atoms with van der Waals surface area (Å²) in [6.07, 6.45) is 0. The van der Waals surface area contributed by atoms with Crippen LogP contribution in [0.1, 0.15) is 5.56 Å². The molecule has 0 saturated heterocycles. The van der Waals surface area contributed by atoms with Crippen molar-refractivity contribution in [3.8, 4) is 0 Å². The molecule has 1 aromatic carbocycles. The molecule has 0 bridgehead atoms. The Balaban J connectivity index is 0.00000180. The Kier molecular flexibility index (Phi) is 6.75. The number of nitrogens with one attached hydrogen (secondary N) is 1. The lowest BCUT2D eigenvalue weighted by Gasteiger charge is -2.05. The second kappa shape index (κ2) is 8.08. The summed E-state index contributed by atoms with van der Waals surface area (Å²) in [5.41, 5.74) is 0.683. The monoisotopic (exact) mass is 302 g/mol. The summed E-state index contributed by atoms with van der Waals surface area (Å²) in [6.45, 7) is 1.30. The highest BCUT2D eigenvalue weighted by Gasteiger charge is 2.02. The van der Waals surface area contributed by atoms with Crippen molar-refractivity contribution >= 4 is 11.8 Å². The first-order valence-corrected chi connectivity index (χ1v) is 6.55. The largest absolute Gasteiger partial charge is 1.00 e. The van der Waals surface area contributed by atoms with Gasteiger partial charge in [0.25, 0.3) is 0 Å². The molecule has 2 rings (SSSR count). The van der Waals surface area contributed by atoms with Crippen LogP contribution in [0, 0.1) is 5.82 Å². The lowest BCUT2D eigenvalue weighted by Crippen LogP contribution is -3.00. The molecule has 1 N–H and O–H groups in total. The summed E-state index contributed by atoms with van der Waals surface area (Å²) in [5, 5.41) is 15.1. The first kappa shape index (κ1) is 15.9. The smallest absolute Gasteiger partial charge is 0.209 e. The molecule has 1 aromatic heterocycles. The van der Waals surface area contributed by atoms with Gasteiger partial charge in [-0.15, -0.1) is 5.10 Å². The van der Waals surface area contributed by atoms with Crippen molar-refractivity contribution in [2.75, 3.05) is 12.3 Å². The highest BCUT2D eigenvalue weighted by Crippen LogP contribution is 2.11. The molecule has 0 atom stereocenters. The zero-order chi connectivity index (χ0) is 12.8. The van der Waals surface area contributed by atoms with Crippen LogP contribution in [0.3, 0.4) is 0 Å². The van der Waals surface area contributed by atoms with E-state index in [9.17, 15) is 4.39 Å². The standard InChI is InChI=1S/C11H14FN5S.ClH/c1-17-11(14-15-16-17)18-7-6-13-8-9-4-2-3-5-10(9)12;/h2-5,13H,6-8H2,1H3;1H/p-1. The van der Waals surface area contributed by atoms with Crippen LogP contribution in [-0.4, -0.2) is 32.5 Å². The van der Waals surface area contributed by atoms with E-state index in [0.717, 1.165) is 17.5 Å². The van der Waals surface area contributed by atoms with E-state index in [1.54, 1.807) is 35.6 Å².